The molecule has 1 saturated carbocycles. The number of esters is 3. The summed E-state index contributed by atoms with van der Waals surface area (Å²) in [6.45, 7) is 9.76. The van der Waals surface area contributed by atoms with Crippen molar-refractivity contribution in [2.24, 2.45) is 11.3 Å². The predicted octanol–water partition coefficient (Wildman–Crippen LogP) is 3.42. The fourth-order valence-electron chi connectivity index (χ4n) is 5.90. The fraction of sp³-hybridized carbons (Fsp3) is 0.600. The number of benzene rings is 1. The van der Waals surface area contributed by atoms with Gasteiger partial charge in [0.25, 0.3) is 0 Å². The van der Waals surface area contributed by atoms with Crippen LogP contribution in [0.2, 0.25) is 0 Å². The molecule has 0 aromatic heterocycles. The van der Waals surface area contributed by atoms with E-state index >= 15 is 0 Å². The third kappa shape index (κ3) is 3.79. The van der Waals surface area contributed by atoms with E-state index in [1.54, 1.807) is 26.0 Å². The van der Waals surface area contributed by atoms with Gasteiger partial charge in [0.2, 0.25) is 5.78 Å². The monoisotopic (exact) mass is 460 g/mol. The molecule has 0 aliphatic heterocycles. The van der Waals surface area contributed by atoms with E-state index in [9.17, 15) is 24.3 Å². The van der Waals surface area contributed by atoms with Crippen LogP contribution < -0.4 is 0 Å². The van der Waals surface area contributed by atoms with Crippen molar-refractivity contribution in [3.63, 3.8) is 0 Å². The van der Waals surface area contributed by atoms with Gasteiger partial charge in [0.05, 0.1) is 12.5 Å². The van der Waals surface area contributed by atoms with Gasteiger partial charge in [0, 0.05) is 36.3 Å². The SMILES string of the molecule is COC(=O)[C@]1(C)CC[C@H](OC(C)=O)[C@]2(C)c3c(O)cc(C(C)C)cc3C(=O)[C@H](OC(C)=O)[C@@H]21. The van der Waals surface area contributed by atoms with Crippen molar-refractivity contribution in [3.05, 3.63) is 28.8 Å². The van der Waals surface area contributed by atoms with E-state index in [2.05, 4.69) is 0 Å². The van der Waals surface area contributed by atoms with Gasteiger partial charge < -0.3 is 19.3 Å². The van der Waals surface area contributed by atoms with Gasteiger partial charge in [-0.05, 0) is 43.4 Å². The van der Waals surface area contributed by atoms with E-state index in [0.29, 0.717) is 12.0 Å². The van der Waals surface area contributed by atoms with Crippen LogP contribution >= 0.6 is 0 Å². The average Bonchev–Trinajstić information content (AvgIpc) is 2.72. The second-order valence-corrected chi connectivity index (χ2v) is 9.82. The third-order valence-electron chi connectivity index (χ3n) is 7.35. The van der Waals surface area contributed by atoms with Crippen LogP contribution in [0.15, 0.2) is 12.1 Å². The quantitative estimate of drug-likeness (QED) is 0.537. The number of fused-ring (bicyclic) bond motifs is 3. The first kappa shape index (κ1) is 24.7. The number of hydrogen-bond acceptors (Lipinski definition) is 8. The molecule has 0 bridgehead atoms. The summed E-state index contributed by atoms with van der Waals surface area (Å²) in [5.74, 6) is -3.30. The summed E-state index contributed by atoms with van der Waals surface area (Å²) in [7, 11) is 1.26. The fourth-order valence-corrected chi connectivity index (χ4v) is 5.90. The van der Waals surface area contributed by atoms with Gasteiger partial charge >= 0.3 is 17.9 Å². The van der Waals surface area contributed by atoms with E-state index < -0.39 is 52.6 Å². The minimum absolute atomic E-state index is 0.0164. The summed E-state index contributed by atoms with van der Waals surface area (Å²) >= 11 is 0. The molecule has 3 rings (SSSR count). The first-order valence-electron chi connectivity index (χ1n) is 11.1. The van der Waals surface area contributed by atoms with Crippen molar-refractivity contribution in [2.75, 3.05) is 7.11 Å². The number of hydrogen-bond donors (Lipinski definition) is 1. The standard InChI is InChI=1S/C25H32O8/c1-12(2)15-10-16-19(17(28)11-15)25(6)18(32-13(3)26)8-9-24(5,23(30)31-7)22(25)21(20(16)29)33-14(4)27/h10-12,18,21-22,28H,8-9H2,1-7H3/t18-,21-,22+,24+,25+/m0/s1. The molecule has 5 atom stereocenters. The smallest absolute Gasteiger partial charge is 0.311 e. The lowest BCUT2D eigenvalue weighted by molar-refractivity contribution is -0.187. The van der Waals surface area contributed by atoms with Crippen molar-refractivity contribution in [3.8, 4) is 5.75 Å². The normalized spacial score (nSPS) is 30.8. The Kier molecular flexibility index (Phi) is 6.35. The molecule has 180 valence electrons. The third-order valence-corrected chi connectivity index (χ3v) is 7.35. The van der Waals surface area contributed by atoms with E-state index in [1.165, 1.54) is 21.0 Å². The Morgan fingerprint density at radius 2 is 1.70 bits per heavy atom. The Balaban J connectivity index is 2.41. The zero-order chi connectivity index (χ0) is 24.9. The molecule has 0 amide bonds. The molecule has 0 heterocycles. The lowest BCUT2D eigenvalue weighted by atomic mass is 9.47. The zero-order valence-corrected chi connectivity index (χ0v) is 20.2. The summed E-state index contributed by atoms with van der Waals surface area (Å²) < 4.78 is 16.4. The molecular weight excluding hydrogens is 428 g/mol. The van der Waals surface area contributed by atoms with Crippen LogP contribution in [-0.2, 0) is 34.0 Å². The van der Waals surface area contributed by atoms with Crippen LogP contribution in [0.25, 0.3) is 0 Å². The first-order chi connectivity index (χ1) is 15.3. The summed E-state index contributed by atoms with van der Waals surface area (Å²) in [6, 6.07) is 3.29. The molecule has 33 heavy (non-hydrogen) atoms. The van der Waals surface area contributed by atoms with E-state index in [0.717, 1.165) is 5.56 Å². The number of phenols is 1. The highest BCUT2D eigenvalue weighted by atomic mass is 16.6. The van der Waals surface area contributed by atoms with Crippen molar-refractivity contribution < 1.29 is 38.5 Å². The Hall–Kier alpha value is -2.90. The Labute approximate surface area is 193 Å². The summed E-state index contributed by atoms with van der Waals surface area (Å²) in [6.07, 6.45) is -1.55. The van der Waals surface area contributed by atoms with Gasteiger partial charge in [-0.25, -0.2) is 0 Å². The summed E-state index contributed by atoms with van der Waals surface area (Å²) in [5.41, 5.74) is -1.22. The number of phenolic OH excluding ortho intramolecular Hbond substituents is 1. The van der Waals surface area contributed by atoms with Gasteiger partial charge in [-0.3, -0.25) is 19.2 Å². The minimum Gasteiger partial charge on any atom is -0.508 e. The molecule has 0 spiro atoms. The van der Waals surface area contributed by atoms with Crippen molar-refractivity contribution in [1.82, 2.24) is 0 Å². The van der Waals surface area contributed by atoms with E-state index in [4.69, 9.17) is 14.2 Å². The van der Waals surface area contributed by atoms with Crippen molar-refractivity contribution >= 4 is 23.7 Å². The van der Waals surface area contributed by atoms with Gasteiger partial charge in [0.1, 0.15) is 11.9 Å². The number of ether oxygens (including phenoxy) is 3. The zero-order valence-electron chi connectivity index (χ0n) is 20.2. The largest absolute Gasteiger partial charge is 0.508 e. The van der Waals surface area contributed by atoms with E-state index in [-0.39, 0.29) is 23.7 Å². The second-order valence-electron chi connectivity index (χ2n) is 9.82. The lowest BCUT2D eigenvalue weighted by Gasteiger charge is -2.57. The molecule has 8 nitrogen and oxygen atoms in total. The molecule has 1 N–H and O–H groups in total. The van der Waals surface area contributed by atoms with Crippen LogP contribution in [0.5, 0.6) is 5.75 Å². The highest BCUT2D eigenvalue weighted by Crippen LogP contribution is 2.60. The Bertz CT molecular complexity index is 1010. The maximum Gasteiger partial charge on any atom is 0.311 e. The first-order valence-corrected chi connectivity index (χ1v) is 11.1. The van der Waals surface area contributed by atoms with E-state index in [1.807, 2.05) is 13.8 Å². The molecular formula is C25H32O8. The molecule has 8 heteroatoms. The van der Waals surface area contributed by atoms with Crippen LogP contribution in [0.4, 0.5) is 0 Å². The predicted molar refractivity (Wildman–Crippen MR) is 118 cm³/mol. The average molecular weight is 461 g/mol. The summed E-state index contributed by atoms with van der Waals surface area (Å²) in [4.78, 5) is 50.9. The molecule has 0 radical (unpaired) electrons. The Morgan fingerprint density at radius 3 is 2.21 bits per heavy atom. The van der Waals surface area contributed by atoms with Crippen molar-refractivity contribution in [1.29, 1.82) is 0 Å². The number of methoxy groups -OCH3 is 1. The molecule has 1 aromatic carbocycles. The highest BCUT2D eigenvalue weighted by molar-refractivity contribution is 6.05. The van der Waals surface area contributed by atoms with Crippen LogP contribution in [-0.4, -0.2) is 48.1 Å². The minimum atomic E-state index is -1.32. The lowest BCUT2D eigenvalue weighted by Crippen LogP contribution is -2.66. The number of Topliss-reactive ketones (excluding diaryl/α,β-unsaturated/α-hetero) is 1. The van der Waals surface area contributed by atoms with Gasteiger partial charge in [-0.15, -0.1) is 0 Å². The molecule has 1 aromatic rings. The highest BCUT2D eigenvalue weighted by Gasteiger charge is 2.67. The Morgan fingerprint density at radius 1 is 1.09 bits per heavy atom. The maximum absolute atomic E-state index is 13.8. The van der Waals surface area contributed by atoms with Gasteiger partial charge in [0.15, 0.2) is 6.10 Å². The number of aromatic hydroxyl groups is 1. The second kappa shape index (κ2) is 8.47. The van der Waals surface area contributed by atoms with Gasteiger partial charge in [-0.1, -0.05) is 20.8 Å². The summed E-state index contributed by atoms with van der Waals surface area (Å²) in [5, 5.41) is 11.2. The molecule has 1 fully saturated rings. The number of rotatable bonds is 4. The van der Waals surface area contributed by atoms with Gasteiger partial charge in [-0.2, -0.15) is 0 Å². The molecule has 0 unspecified atom stereocenters. The molecule has 0 saturated heterocycles. The van der Waals surface area contributed by atoms with Crippen LogP contribution in [0.3, 0.4) is 0 Å². The van der Waals surface area contributed by atoms with Crippen molar-refractivity contribution in [2.45, 2.75) is 77.9 Å². The molecule has 2 aliphatic rings. The maximum atomic E-state index is 13.8. The van der Waals surface area contributed by atoms with Crippen LogP contribution in [0, 0.1) is 11.3 Å². The molecule has 2 aliphatic carbocycles. The number of ketones is 1. The topological polar surface area (TPSA) is 116 Å². The van der Waals surface area contributed by atoms with Crippen LogP contribution in [0.1, 0.15) is 81.8 Å². The number of carbonyl (C=O) groups excluding carboxylic acids is 4. The number of carbonyl (C=O) groups is 4.